The van der Waals surface area contributed by atoms with E-state index in [0.717, 1.165) is 0 Å². The molecule has 0 heterocycles. The van der Waals surface area contributed by atoms with Gasteiger partial charge in [0.25, 0.3) is 0 Å². The third-order valence-electron chi connectivity index (χ3n) is 1.12. The molecule has 0 radical (unpaired) electrons. The second-order valence-corrected chi connectivity index (χ2v) is 5.84. The zero-order chi connectivity index (χ0) is 11.7. The molecule has 0 aliphatic heterocycles. The Hall–Kier alpha value is 0.120. The topological polar surface area (TPSA) is 52.6 Å². The molecule has 0 bridgehead atoms. The number of carbonyl (C=O) groups excluding carboxylic acids is 2. The SMILES string of the molecule is O=C(CBr)OCC=CCOC(=O)C(Br)Br. The van der Waals surface area contributed by atoms with Crippen LogP contribution in [0.25, 0.3) is 0 Å². The predicted octanol–water partition coefficient (Wildman–Crippen LogP) is 2.14. The maximum atomic E-state index is 10.9. The van der Waals surface area contributed by atoms with Crippen LogP contribution in [0.4, 0.5) is 0 Å². The van der Waals surface area contributed by atoms with Crippen LogP contribution in [-0.4, -0.2) is 34.2 Å². The summed E-state index contributed by atoms with van der Waals surface area (Å²) in [5.41, 5.74) is 0. The van der Waals surface area contributed by atoms with Crippen LogP contribution in [0, 0.1) is 0 Å². The molecule has 0 saturated carbocycles. The molecular formula is C8H9Br3O4. The molecule has 0 aliphatic rings. The van der Waals surface area contributed by atoms with Gasteiger partial charge < -0.3 is 9.47 Å². The van der Waals surface area contributed by atoms with Gasteiger partial charge in [0.15, 0.2) is 3.74 Å². The van der Waals surface area contributed by atoms with Crippen molar-refractivity contribution >= 4 is 59.7 Å². The molecule has 0 saturated heterocycles. The Balaban J connectivity index is 3.47. The zero-order valence-electron chi connectivity index (χ0n) is 7.62. The largest absolute Gasteiger partial charge is 0.461 e. The second kappa shape index (κ2) is 9.35. The Kier molecular flexibility index (Phi) is 9.43. The number of esters is 2. The van der Waals surface area contributed by atoms with Gasteiger partial charge in [-0.15, -0.1) is 0 Å². The monoisotopic (exact) mass is 406 g/mol. The molecule has 0 unspecified atom stereocenters. The highest BCUT2D eigenvalue weighted by molar-refractivity contribution is 9.25. The van der Waals surface area contributed by atoms with Gasteiger partial charge in [-0.3, -0.25) is 4.79 Å². The molecule has 0 rings (SSSR count). The van der Waals surface area contributed by atoms with E-state index in [1.165, 1.54) is 0 Å². The third-order valence-corrected chi connectivity index (χ3v) is 2.32. The summed E-state index contributed by atoms with van der Waals surface area (Å²) in [7, 11) is 0. The third kappa shape index (κ3) is 9.07. The van der Waals surface area contributed by atoms with Gasteiger partial charge in [-0.1, -0.05) is 47.8 Å². The molecule has 0 aliphatic carbocycles. The Morgan fingerprint density at radius 2 is 1.67 bits per heavy atom. The van der Waals surface area contributed by atoms with Gasteiger partial charge in [-0.05, 0) is 12.2 Å². The fourth-order valence-corrected chi connectivity index (χ4v) is 0.935. The zero-order valence-corrected chi connectivity index (χ0v) is 12.4. The highest BCUT2D eigenvalue weighted by atomic mass is 79.9. The maximum absolute atomic E-state index is 10.9. The minimum atomic E-state index is -0.496. The summed E-state index contributed by atoms with van der Waals surface area (Å²) in [6, 6.07) is 0. The Morgan fingerprint density at radius 1 is 1.13 bits per heavy atom. The van der Waals surface area contributed by atoms with Crippen molar-refractivity contribution in [2.45, 2.75) is 3.74 Å². The van der Waals surface area contributed by atoms with Crippen LogP contribution in [0.15, 0.2) is 12.2 Å². The van der Waals surface area contributed by atoms with Gasteiger partial charge >= 0.3 is 11.9 Å². The van der Waals surface area contributed by atoms with Gasteiger partial charge in [0.1, 0.15) is 18.5 Å². The summed E-state index contributed by atoms with van der Waals surface area (Å²) in [5, 5.41) is 0.171. The van der Waals surface area contributed by atoms with E-state index < -0.39 is 9.71 Å². The first kappa shape index (κ1) is 15.1. The Morgan fingerprint density at radius 3 is 2.13 bits per heavy atom. The smallest absolute Gasteiger partial charge is 0.330 e. The van der Waals surface area contributed by atoms with Gasteiger partial charge in [0, 0.05) is 0 Å². The number of rotatable bonds is 6. The fraction of sp³-hybridized carbons (Fsp3) is 0.500. The number of halogens is 3. The lowest BCUT2D eigenvalue weighted by Crippen LogP contribution is -2.11. The van der Waals surface area contributed by atoms with Crippen molar-refractivity contribution in [2.24, 2.45) is 0 Å². The molecule has 86 valence electrons. The Labute approximate surface area is 113 Å². The van der Waals surface area contributed by atoms with Crippen LogP contribution in [0.2, 0.25) is 0 Å². The fourth-order valence-electron chi connectivity index (χ4n) is 0.509. The van der Waals surface area contributed by atoms with E-state index in [0.29, 0.717) is 0 Å². The van der Waals surface area contributed by atoms with Gasteiger partial charge in [0.2, 0.25) is 0 Å². The van der Waals surface area contributed by atoms with Gasteiger partial charge in [-0.25, -0.2) is 4.79 Å². The number of hydrogen-bond donors (Lipinski definition) is 0. The molecule has 15 heavy (non-hydrogen) atoms. The van der Waals surface area contributed by atoms with Crippen molar-refractivity contribution in [2.75, 3.05) is 18.5 Å². The molecule has 0 aromatic heterocycles. The molecule has 0 spiro atoms. The standard InChI is InChI=1S/C8H9Br3O4/c9-5-6(12)14-3-1-2-4-15-8(13)7(10)11/h1-2,7H,3-5H2. The van der Waals surface area contributed by atoms with Gasteiger partial charge in [-0.2, -0.15) is 0 Å². The molecule has 4 nitrogen and oxygen atoms in total. The normalized spacial score (nSPS) is 10.7. The lowest BCUT2D eigenvalue weighted by atomic mass is 10.5. The molecule has 0 fully saturated rings. The van der Waals surface area contributed by atoms with Crippen molar-refractivity contribution in [3.8, 4) is 0 Å². The summed E-state index contributed by atoms with van der Waals surface area (Å²) in [6.07, 6.45) is 3.20. The molecular weight excluding hydrogens is 400 g/mol. The lowest BCUT2D eigenvalue weighted by molar-refractivity contribution is -0.140. The summed E-state index contributed by atoms with van der Waals surface area (Å²) in [5.74, 6) is -0.741. The van der Waals surface area contributed by atoms with Crippen molar-refractivity contribution < 1.29 is 19.1 Å². The molecule has 0 amide bonds. The summed E-state index contributed by atoms with van der Waals surface area (Å²) in [6.45, 7) is 0.326. The maximum Gasteiger partial charge on any atom is 0.330 e. The van der Waals surface area contributed by atoms with E-state index in [1.807, 2.05) is 0 Å². The van der Waals surface area contributed by atoms with Crippen LogP contribution in [0.5, 0.6) is 0 Å². The van der Waals surface area contributed by atoms with E-state index in [2.05, 4.69) is 47.8 Å². The van der Waals surface area contributed by atoms with E-state index >= 15 is 0 Å². The number of alkyl halides is 3. The van der Waals surface area contributed by atoms with Crippen LogP contribution in [0.3, 0.4) is 0 Å². The van der Waals surface area contributed by atoms with Crippen molar-refractivity contribution in [1.29, 1.82) is 0 Å². The highest BCUT2D eigenvalue weighted by Gasteiger charge is 2.10. The van der Waals surface area contributed by atoms with Crippen molar-refractivity contribution in [3.63, 3.8) is 0 Å². The number of carbonyl (C=O) groups is 2. The molecule has 0 atom stereocenters. The van der Waals surface area contributed by atoms with Gasteiger partial charge in [0.05, 0.1) is 0 Å². The minimum Gasteiger partial charge on any atom is -0.461 e. The molecule has 0 aromatic rings. The lowest BCUT2D eigenvalue weighted by Gasteiger charge is -2.01. The van der Waals surface area contributed by atoms with Crippen LogP contribution in [-0.2, 0) is 19.1 Å². The summed E-state index contributed by atoms with van der Waals surface area (Å²) in [4.78, 5) is 21.5. The minimum absolute atomic E-state index is 0.151. The van der Waals surface area contributed by atoms with Crippen LogP contribution >= 0.6 is 47.8 Å². The highest BCUT2D eigenvalue weighted by Crippen LogP contribution is 2.09. The van der Waals surface area contributed by atoms with E-state index in [4.69, 9.17) is 9.47 Å². The molecule has 0 aromatic carbocycles. The first-order valence-corrected chi connectivity index (χ1v) is 6.84. The summed E-state index contributed by atoms with van der Waals surface area (Å²) >= 11 is 8.94. The first-order valence-electron chi connectivity index (χ1n) is 3.89. The van der Waals surface area contributed by atoms with E-state index in [1.54, 1.807) is 12.2 Å². The van der Waals surface area contributed by atoms with E-state index in [-0.39, 0.29) is 24.5 Å². The average Bonchev–Trinajstić information content (AvgIpc) is 2.22. The molecule has 7 heteroatoms. The number of hydrogen-bond acceptors (Lipinski definition) is 4. The van der Waals surface area contributed by atoms with Crippen molar-refractivity contribution in [1.82, 2.24) is 0 Å². The quantitative estimate of drug-likeness (QED) is 0.384. The second-order valence-electron chi connectivity index (χ2n) is 2.22. The first-order chi connectivity index (χ1) is 7.07. The van der Waals surface area contributed by atoms with E-state index in [9.17, 15) is 9.59 Å². The summed E-state index contributed by atoms with van der Waals surface area (Å²) < 4.78 is 8.99. The molecule has 0 N–H and O–H groups in total. The van der Waals surface area contributed by atoms with Crippen LogP contribution in [0.1, 0.15) is 0 Å². The predicted molar refractivity (Wildman–Crippen MR) is 66.5 cm³/mol. The average molecular weight is 409 g/mol. The van der Waals surface area contributed by atoms with Crippen LogP contribution < -0.4 is 0 Å². The van der Waals surface area contributed by atoms with Crippen molar-refractivity contribution in [3.05, 3.63) is 12.2 Å². The number of ether oxygens (including phenoxy) is 2. The Bertz CT molecular complexity index is 240.